The van der Waals surface area contributed by atoms with E-state index in [9.17, 15) is 18.0 Å². The van der Waals surface area contributed by atoms with Crippen LogP contribution in [0.25, 0.3) is 11.1 Å². The number of aromatic nitrogens is 2. The van der Waals surface area contributed by atoms with Gasteiger partial charge in [-0.15, -0.1) is 0 Å². The normalized spacial score (nSPS) is 11.4. The molecule has 0 saturated heterocycles. The van der Waals surface area contributed by atoms with E-state index >= 15 is 0 Å². The molecule has 1 amide bonds. The number of alkyl halides is 3. The molecule has 110 valence electrons. The summed E-state index contributed by atoms with van der Waals surface area (Å²) >= 11 is 0. The van der Waals surface area contributed by atoms with Crippen LogP contribution < -0.4 is 5.73 Å². The van der Waals surface area contributed by atoms with Gasteiger partial charge in [-0.1, -0.05) is 6.92 Å². The summed E-state index contributed by atoms with van der Waals surface area (Å²) < 4.78 is 39.7. The topological polar surface area (TPSA) is 68.9 Å². The van der Waals surface area contributed by atoms with Gasteiger partial charge in [0.05, 0.1) is 5.56 Å². The van der Waals surface area contributed by atoms with Gasteiger partial charge in [-0.2, -0.15) is 13.2 Å². The highest BCUT2D eigenvalue weighted by Crippen LogP contribution is 2.40. The Balaban J connectivity index is 2.85. The van der Waals surface area contributed by atoms with E-state index in [4.69, 9.17) is 5.73 Å². The average molecular weight is 295 g/mol. The highest BCUT2D eigenvalue weighted by atomic mass is 19.4. The van der Waals surface area contributed by atoms with Gasteiger partial charge >= 0.3 is 6.18 Å². The van der Waals surface area contributed by atoms with E-state index in [1.54, 1.807) is 6.92 Å². The molecule has 0 saturated carbocycles. The Kier molecular flexibility index (Phi) is 3.93. The fourth-order valence-corrected chi connectivity index (χ4v) is 2.24. The standard InChI is InChI=1S/C14H12F3N3O/c1-2-9-10(13(18)21)3-4-11(14(15,16)17)12(9)8-5-19-7-20-6-8/h3-7H,2H2,1H3,(H2,18,21). The Bertz CT molecular complexity index is 669. The number of hydrogen-bond acceptors (Lipinski definition) is 3. The molecule has 2 N–H and O–H groups in total. The second-order valence-electron chi connectivity index (χ2n) is 4.36. The van der Waals surface area contributed by atoms with Gasteiger partial charge in [0.1, 0.15) is 6.33 Å². The van der Waals surface area contributed by atoms with Gasteiger partial charge in [0.25, 0.3) is 0 Å². The first kappa shape index (κ1) is 15.0. The van der Waals surface area contributed by atoms with Crippen LogP contribution in [0.5, 0.6) is 0 Å². The lowest BCUT2D eigenvalue weighted by molar-refractivity contribution is -0.137. The van der Waals surface area contributed by atoms with Crippen molar-refractivity contribution in [2.75, 3.05) is 0 Å². The van der Waals surface area contributed by atoms with Crippen molar-refractivity contribution in [3.8, 4) is 11.1 Å². The molecule has 7 heteroatoms. The maximum absolute atomic E-state index is 13.2. The molecule has 4 nitrogen and oxygen atoms in total. The van der Waals surface area contributed by atoms with Crippen LogP contribution in [-0.2, 0) is 12.6 Å². The van der Waals surface area contributed by atoms with Crippen LogP contribution in [0.3, 0.4) is 0 Å². The number of benzene rings is 1. The molecule has 0 aliphatic heterocycles. The zero-order valence-corrected chi connectivity index (χ0v) is 11.1. The molecule has 2 rings (SSSR count). The molecule has 0 bridgehead atoms. The Morgan fingerprint density at radius 1 is 1.24 bits per heavy atom. The van der Waals surface area contributed by atoms with Crippen molar-refractivity contribution in [2.24, 2.45) is 5.73 Å². The van der Waals surface area contributed by atoms with E-state index < -0.39 is 17.6 Å². The van der Waals surface area contributed by atoms with E-state index in [0.29, 0.717) is 0 Å². The molecule has 0 radical (unpaired) electrons. The van der Waals surface area contributed by atoms with Gasteiger partial charge in [-0.3, -0.25) is 4.79 Å². The number of nitrogens with two attached hydrogens (primary N) is 1. The summed E-state index contributed by atoms with van der Waals surface area (Å²) in [6.07, 6.45) is -0.541. The zero-order valence-electron chi connectivity index (χ0n) is 11.1. The Labute approximate surface area is 118 Å². The Morgan fingerprint density at radius 2 is 1.86 bits per heavy atom. The summed E-state index contributed by atoms with van der Waals surface area (Å²) in [7, 11) is 0. The molecule has 0 aliphatic rings. The van der Waals surface area contributed by atoms with Crippen molar-refractivity contribution in [2.45, 2.75) is 19.5 Å². The Hall–Kier alpha value is -2.44. The summed E-state index contributed by atoms with van der Waals surface area (Å²) in [5.74, 6) is -0.765. The number of hydrogen-bond donors (Lipinski definition) is 1. The molecule has 1 aromatic heterocycles. The van der Waals surface area contributed by atoms with Crippen LogP contribution in [0.2, 0.25) is 0 Å². The first-order valence-corrected chi connectivity index (χ1v) is 6.14. The second kappa shape index (κ2) is 5.51. The molecule has 2 aromatic rings. The van der Waals surface area contributed by atoms with Gasteiger partial charge in [-0.25, -0.2) is 9.97 Å². The van der Waals surface area contributed by atoms with E-state index in [1.165, 1.54) is 18.7 Å². The third kappa shape index (κ3) is 2.86. The van der Waals surface area contributed by atoms with Gasteiger partial charge in [0, 0.05) is 29.1 Å². The predicted molar refractivity (Wildman–Crippen MR) is 70.4 cm³/mol. The summed E-state index contributed by atoms with van der Waals surface area (Å²) in [5.41, 5.74) is 4.83. The molecular weight excluding hydrogens is 283 g/mol. The summed E-state index contributed by atoms with van der Waals surface area (Å²) in [5, 5.41) is 0. The maximum atomic E-state index is 13.2. The monoisotopic (exact) mass is 295 g/mol. The predicted octanol–water partition coefficient (Wildman–Crippen LogP) is 2.82. The summed E-state index contributed by atoms with van der Waals surface area (Å²) in [6, 6.07) is 1.97. The first-order valence-electron chi connectivity index (χ1n) is 6.14. The van der Waals surface area contributed by atoms with Crippen molar-refractivity contribution in [3.05, 3.63) is 47.5 Å². The van der Waals surface area contributed by atoms with Crippen LogP contribution in [0.1, 0.15) is 28.4 Å². The number of halogens is 3. The number of carbonyl (C=O) groups is 1. The quantitative estimate of drug-likeness (QED) is 0.946. The SMILES string of the molecule is CCc1c(C(N)=O)ccc(C(F)(F)F)c1-c1cncnc1. The van der Waals surface area contributed by atoms with Crippen LogP contribution in [0.15, 0.2) is 30.9 Å². The van der Waals surface area contributed by atoms with E-state index in [1.807, 2.05) is 0 Å². The van der Waals surface area contributed by atoms with Crippen molar-refractivity contribution in [1.82, 2.24) is 9.97 Å². The van der Waals surface area contributed by atoms with Gasteiger partial charge in [-0.05, 0) is 24.1 Å². The van der Waals surface area contributed by atoms with E-state index in [0.717, 1.165) is 12.1 Å². The highest BCUT2D eigenvalue weighted by Gasteiger charge is 2.35. The van der Waals surface area contributed by atoms with Gasteiger partial charge in [0.15, 0.2) is 0 Å². The molecule has 0 aliphatic carbocycles. The van der Waals surface area contributed by atoms with Crippen LogP contribution in [0, 0.1) is 0 Å². The number of nitrogens with zero attached hydrogens (tertiary/aromatic N) is 2. The zero-order chi connectivity index (χ0) is 15.6. The van der Waals surface area contributed by atoms with Crippen molar-refractivity contribution in [1.29, 1.82) is 0 Å². The lowest BCUT2D eigenvalue weighted by Crippen LogP contribution is -2.17. The van der Waals surface area contributed by atoms with Crippen LogP contribution in [0.4, 0.5) is 13.2 Å². The molecule has 0 spiro atoms. The molecule has 21 heavy (non-hydrogen) atoms. The molecule has 0 unspecified atom stereocenters. The largest absolute Gasteiger partial charge is 0.417 e. The lowest BCUT2D eigenvalue weighted by Gasteiger charge is -2.18. The second-order valence-corrected chi connectivity index (χ2v) is 4.36. The number of rotatable bonds is 3. The van der Waals surface area contributed by atoms with Gasteiger partial charge in [0.2, 0.25) is 5.91 Å². The van der Waals surface area contributed by atoms with Crippen LogP contribution >= 0.6 is 0 Å². The number of primary amides is 1. The molecule has 0 atom stereocenters. The maximum Gasteiger partial charge on any atom is 0.417 e. The highest BCUT2D eigenvalue weighted by molar-refractivity contribution is 5.97. The van der Waals surface area contributed by atoms with E-state index in [-0.39, 0.29) is 28.7 Å². The minimum atomic E-state index is -4.55. The van der Waals surface area contributed by atoms with Crippen molar-refractivity contribution in [3.63, 3.8) is 0 Å². The molecule has 0 fully saturated rings. The minimum Gasteiger partial charge on any atom is -0.366 e. The Morgan fingerprint density at radius 3 is 2.33 bits per heavy atom. The van der Waals surface area contributed by atoms with Crippen LogP contribution in [-0.4, -0.2) is 15.9 Å². The minimum absolute atomic E-state index is 0.0735. The van der Waals surface area contributed by atoms with Crippen molar-refractivity contribution < 1.29 is 18.0 Å². The lowest BCUT2D eigenvalue weighted by atomic mass is 9.90. The fourth-order valence-electron chi connectivity index (χ4n) is 2.24. The average Bonchev–Trinajstić information content (AvgIpc) is 2.45. The smallest absolute Gasteiger partial charge is 0.366 e. The number of amides is 1. The van der Waals surface area contributed by atoms with E-state index in [2.05, 4.69) is 9.97 Å². The summed E-state index contributed by atoms with van der Waals surface area (Å²) in [4.78, 5) is 18.9. The fraction of sp³-hybridized carbons (Fsp3) is 0.214. The molecular formula is C14H12F3N3O. The molecule has 1 aromatic carbocycles. The van der Waals surface area contributed by atoms with Gasteiger partial charge < -0.3 is 5.73 Å². The van der Waals surface area contributed by atoms with Crippen molar-refractivity contribution >= 4 is 5.91 Å². The molecule has 1 heterocycles. The number of carbonyl (C=O) groups excluding carboxylic acids is 1. The third-order valence-electron chi connectivity index (χ3n) is 3.09. The summed E-state index contributed by atoms with van der Waals surface area (Å²) in [6.45, 7) is 1.66. The third-order valence-corrected chi connectivity index (χ3v) is 3.09. The first-order chi connectivity index (χ1) is 9.86.